The van der Waals surface area contributed by atoms with Crippen molar-refractivity contribution in [2.24, 2.45) is 22.9 Å². The van der Waals surface area contributed by atoms with E-state index in [9.17, 15) is 28.8 Å². The smallest absolute Gasteiger partial charge is 0.326 e. The molecule has 0 saturated carbocycles. The van der Waals surface area contributed by atoms with Crippen molar-refractivity contribution in [3.05, 3.63) is 0 Å². The molecule has 4 unspecified atom stereocenters. The summed E-state index contributed by atoms with van der Waals surface area (Å²) >= 11 is 0. The van der Waals surface area contributed by atoms with E-state index in [0.29, 0.717) is 19.4 Å². The van der Waals surface area contributed by atoms with Gasteiger partial charge in [-0.1, -0.05) is 0 Å². The molecule has 0 fully saturated rings. The number of aliphatic carboxylic acids is 1. The Morgan fingerprint density at radius 3 is 1.68 bits per heavy atom. The predicted octanol–water partition coefficient (Wildman–Crippen LogP) is -4.25. The molecule has 0 radical (unpaired) electrons. The Kier molecular flexibility index (Phi) is 12.4. The van der Waals surface area contributed by atoms with Crippen LogP contribution < -0.4 is 38.9 Å². The molecule has 0 aromatic heterocycles. The van der Waals surface area contributed by atoms with E-state index in [1.807, 2.05) is 5.32 Å². The Hall–Kier alpha value is -3.26. The number of unbranched alkanes of at least 4 members (excludes halogenated alkanes) is 1. The van der Waals surface area contributed by atoms with Crippen LogP contribution in [0.15, 0.2) is 0 Å². The third-order valence-electron chi connectivity index (χ3n) is 4.05. The van der Waals surface area contributed by atoms with Crippen molar-refractivity contribution in [1.29, 1.82) is 0 Å². The molecule has 12 N–H and O–H groups in total. The van der Waals surface area contributed by atoms with E-state index in [4.69, 9.17) is 28.0 Å². The van der Waals surface area contributed by atoms with Gasteiger partial charge in [-0.15, -0.1) is 0 Å². The van der Waals surface area contributed by atoms with Crippen molar-refractivity contribution in [2.45, 2.75) is 63.2 Å². The summed E-state index contributed by atoms with van der Waals surface area (Å²) in [5, 5.41) is 15.8. The molecule has 176 valence electrons. The summed E-state index contributed by atoms with van der Waals surface area (Å²) in [5.74, 6) is -5.98. The van der Waals surface area contributed by atoms with Gasteiger partial charge in [0.15, 0.2) is 0 Å². The lowest BCUT2D eigenvalue weighted by Gasteiger charge is -2.24. The van der Waals surface area contributed by atoms with Crippen molar-refractivity contribution in [2.75, 3.05) is 6.54 Å². The van der Waals surface area contributed by atoms with Crippen LogP contribution in [-0.2, 0) is 28.8 Å². The summed E-state index contributed by atoms with van der Waals surface area (Å²) in [6.45, 7) is 1.77. The Balaban J connectivity index is 5.44. The van der Waals surface area contributed by atoms with E-state index in [-0.39, 0.29) is 6.42 Å². The second-order valence-corrected chi connectivity index (χ2v) is 6.94. The molecule has 0 aliphatic heterocycles. The van der Waals surface area contributed by atoms with Crippen molar-refractivity contribution in [3.63, 3.8) is 0 Å². The Labute approximate surface area is 178 Å². The van der Waals surface area contributed by atoms with Crippen LogP contribution in [-0.4, -0.2) is 71.3 Å². The highest BCUT2D eigenvalue weighted by Gasteiger charge is 2.31. The third kappa shape index (κ3) is 11.5. The highest BCUT2D eigenvalue weighted by atomic mass is 16.4. The molecule has 0 aliphatic rings. The first-order valence-electron chi connectivity index (χ1n) is 9.55. The van der Waals surface area contributed by atoms with Crippen LogP contribution >= 0.6 is 0 Å². The molecular weight excluding hydrogens is 414 g/mol. The van der Waals surface area contributed by atoms with E-state index >= 15 is 0 Å². The number of hydrogen-bond donors (Lipinski definition) is 8. The van der Waals surface area contributed by atoms with Crippen LogP contribution in [0.4, 0.5) is 0 Å². The molecule has 0 saturated heterocycles. The number of carbonyl (C=O) groups excluding carboxylic acids is 5. The number of carboxylic acid groups (broad SMARTS) is 1. The number of nitrogens with one attached hydrogen (secondary N) is 3. The number of nitrogens with two attached hydrogens (primary N) is 4. The summed E-state index contributed by atoms with van der Waals surface area (Å²) in [6, 6.07) is -5.21. The number of carbonyl (C=O) groups is 6. The maximum atomic E-state index is 12.7. The average molecular weight is 445 g/mol. The lowest BCUT2D eigenvalue weighted by Crippen LogP contribution is -2.57. The normalized spacial score (nSPS) is 14.4. The highest BCUT2D eigenvalue weighted by molar-refractivity contribution is 5.96. The largest absolute Gasteiger partial charge is 0.480 e. The van der Waals surface area contributed by atoms with Crippen LogP contribution in [0.5, 0.6) is 0 Å². The van der Waals surface area contributed by atoms with Crippen LogP contribution in [0, 0.1) is 0 Å². The average Bonchev–Trinajstić information content (AvgIpc) is 2.64. The molecule has 0 aromatic rings. The molecule has 5 amide bonds. The van der Waals surface area contributed by atoms with Gasteiger partial charge < -0.3 is 44.0 Å². The molecule has 0 spiro atoms. The Morgan fingerprint density at radius 1 is 0.774 bits per heavy atom. The maximum Gasteiger partial charge on any atom is 0.326 e. The minimum Gasteiger partial charge on any atom is -0.480 e. The second-order valence-electron chi connectivity index (χ2n) is 6.94. The van der Waals surface area contributed by atoms with Crippen LogP contribution in [0.3, 0.4) is 0 Å². The van der Waals surface area contributed by atoms with E-state index < -0.39 is 72.5 Å². The SMILES string of the molecule is CC(N)C(=O)NC(CCCCN)C(=O)NC(CC(N)=O)C(=O)NC(CC(N)=O)C(=O)O. The van der Waals surface area contributed by atoms with Crippen molar-refractivity contribution < 1.29 is 33.9 Å². The van der Waals surface area contributed by atoms with Crippen LogP contribution in [0.25, 0.3) is 0 Å². The predicted molar refractivity (Wildman–Crippen MR) is 108 cm³/mol. The van der Waals surface area contributed by atoms with E-state index in [1.54, 1.807) is 0 Å². The number of hydrogen-bond acceptors (Lipinski definition) is 8. The Bertz CT molecular complexity index is 684. The molecule has 0 aliphatic carbocycles. The molecule has 0 rings (SSSR count). The first-order valence-corrected chi connectivity index (χ1v) is 9.55. The molecule has 14 nitrogen and oxygen atoms in total. The Morgan fingerprint density at radius 2 is 1.23 bits per heavy atom. The lowest BCUT2D eigenvalue weighted by atomic mass is 10.1. The fraction of sp³-hybridized carbons (Fsp3) is 0.647. The first kappa shape index (κ1) is 27.7. The first-order chi connectivity index (χ1) is 14.4. The molecular formula is C17H31N7O7. The van der Waals surface area contributed by atoms with Gasteiger partial charge in [0.25, 0.3) is 0 Å². The maximum absolute atomic E-state index is 12.7. The summed E-state index contributed by atoms with van der Waals surface area (Å²) < 4.78 is 0. The number of amides is 5. The van der Waals surface area contributed by atoms with Crippen LogP contribution in [0.1, 0.15) is 39.0 Å². The van der Waals surface area contributed by atoms with E-state index in [1.165, 1.54) is 6.92 Å². The van der Waals surface area contributed by atoms with Crippen molar-refractivity contribution in [3.8, 4) is 0 Å². The van der Waals surface area contributed by atoms with Gasteiger partial charge in [0, 0.05) is 0 Å². The quantitative estimate of drug-likeness (QED) is 0.113. The van der Waals surface area contributed by atoms with Gasteiger partial charge in [-0.25, -0.2) is 4.79 Å². The zero-order valence-corrected chi connectivity index (χ0v) is 17.3. The van der Waals surface area contributed by atoms with Gasteiger partial charge in [0.2, 0.25) is 29.5 Å². The minimum atomic E-state index is -1.67. The van der Waals surface area contributed by atoms with Crippen LogP contribution in [0.2, 0.25) is 0 Å². The molecule has 0 bridgehead atoms. The zero-order valence-electron chi connectivity index (χ0n) is 17.3. The number of rotatable bonds is 15. The highest BCUT2D eigenvalue weighted by Crippen LogP contribution is 2.04. The fourth-order valence-corrected chi connectivity index (χ4v) is 2.42. The van der Waals surface area contributed by atoms with Gasteiger partial charge in [-0.2, -0.15) is 0 Å². The fourth-order valence-electron chi connectivity index (χ4n) is 2.42. The molecule has 0 heterocycles. The van der Waals surface area contributed by atoms with Gasteiger partial charge >= 0.3 is 5.97 Å². The number of carboxylic acids is 1. The van der Waals surface area contributed by atoms with Crippen molar-refractivity contribution >= 4 is 35.5 Å². The third-order valence-corrected chi connectivity index (χ3v) is 4.05. The second kappa shape index (κ2) is 13.9. The standard InChI is InChI=1S/C17H31N7O7/c1-8(19)14(27)22-9(4-2-3-5-18)15(28)23-10(6-12(20)25)16(29)24-11(17(30)31)7-13(21)26/h8-11H,2-7,18-19H2,1H3,(H2,20,25)(H2,21,26)(H,22,27)(H,23,28)(H,24,29)(H,30,31). The van der Waals surface area contributed by atoms with E-state index in [2.05, 4.69) is 10.6 Å². The van der Waals surface area contributed by atoms with E-state index in [0.717, 1.165) is 0 Å². The van der Waals surface area contributed by atoms with Gasteiger partial charge in [0.1, 0.15) is 18.1 Å². The minimum absolute atomic E-state index is 0.172. The summed E-state index contributed by atoms with van der Waals surface area (Å²) in [7, 11) is 0. The monoisotopic (exact) mass is 445 g/mol. The van der Waals surface area contributed by atoms with Crippen molar-refractivity contribution in [1.82, 2.24) is 16.0 Å². The number of primary amides is 2. The zero-order chi connectivity index (χ0) is 24.1. The lowest BCUT2D eigenvalue weighted by molar-refractivity contribution is -0.144. The van der Waals surface area contributed by atoms with Gasteiger partial charge in [-0.05, 0) is 32.7 Å². The van der Waals surface area contributed by atoms with Gasteiger partial charge in [0.05, 0.1) is 18.9 Å². The molecule has 31 heavy (non-hydrogen) atoms. The molecule has 4 atom stereocenters. The van der Waals surface area contributed by atoms with Gasteiger partial charge in [-0.3, -0.25) is 24.0 Å². The summed E-state index contributed by atoms with van der Waals surface area (Å²) in [6.07, 6.45) is -0.149. The summed E-state index contributed by atoms with van der Waals surface area (Å²) in [5.41, 5.74) is 21.0. The molecule has 0 aromatic carbocycles. The molecule has 14 heteroatoms. The summed E-state index contributed by atoms with van der Waals surface area (Å²) in [4.78, 5) is 70.6. The topological polar surface area (TPSA) is 263 Å².